The van der Waals surface area contributed by atoms with Crippen LogP contribution in [0.15, 0.2) is 84.9 Å². The molecule has 5 nitrogen and oxygen atoms in total. The monoisotopic (exact) mass is 452 g/mol. The summed E-state index contributed by atoms with van der Waals surface area (Å²) in [6.07, 6.45) is 0.509. The van der Waals surface area contributed by atoms with E-state index >= 15 is 0 Å². The number of nitrogens with one attached hydrogen (secondary N) is 1. The van der Waals surface area contributed by atoms with Crippen LogP contribution >= 0.6 is 0 Å². The van der Waals surface area contributed by atoms with E-state index in [1.165, 1.54) is 29.2 Å². The zero-order valence-electron chi connectivity index (χ0n) is 18.3. The van der Waals surface area contributed by atoms with Gasteiger partial charge in [0.1, 0.15) is 5.82 Å². The molecule has 0 saturated carbocycles. The second-order valence-electron chi connectivity index (χ2n) is 8.13. The summed E-state index contributed by atoms with van der Waals surface area (Å²) in [5.41, 5.74) is 2.59. The number of hydrogen-bond acceptors (Lipinski definition) is 4. The SMILES string of the molecule is O=C(c1ccc(F)cc1)c1ccccc1NCCCN1C(=O)c2cccc3cccc(c23)C1=O. The first-order chi connectivity index (χ1) is 16.5. The molecule has 34 heavy (non-hydrogen) atoms. The number of ketones is 1. The number of anilines is 1. The number of nitrogens with zero attached hydrogens (tertiary/aromatic N) is 1. The van der Waals surface area contributed by atoms with E-state index in [9.17, 15) is 18.8 Å². The lowest BCUT2D eigenvalue weighted by molar-refractivity contribution is 0.0610. The molecule has 4 aromatic rings. The summed E-state index contributed by atoms with van der Waals surface area (Å²) in [6.45, 7) is 0.708. The van der Waals surface area contributed by atoms with Gasteiger partial charge in [-0.25, -0.2) is 4.39 Å². The van der Waals surface area contributed by atoms with Crippen molar-refractivity contribution < 1.29 is 18.8 Å². The Morgan fingerprint density at radius 3 is 2.12 bits per heavy atom. The number of carbonyl (C=O) groups excluding carboxylic acids is 3. The molecular weight excluding hydrogens is 431 g/mol. The maximum Gasteiger partial charge on any atom is 0.261 e. The molecule has 0 radical (unpaired) electrons. The van der Waals surface area contributed by atoms with Crippen molar-refractivity contribution in [2.75, 3.05) is 18.4 Å². The van der Waals surface area contributed by atoms with Crippen molar-refractivity contribution >= 4 is 34.1 Å². The van der Waals surface area contributed by atoms with E-state index in [2.05, 4.69) is 5.32 Å². The molecule has 0 saturated heterocycles. The molecule has 0 fully saturated rings. The molecule has 0 atom stereocenters. The smallest absolute Gasteiger partial charge is 0.261 e. The Hall–Kier alpha value is -4.32. The quantitative estimate of drug-likeness (QED) is 0.235. The number of carbonyl (C=O) groups is 3. The van der Waals surface area contributed by atoms with Gasteiger partial charge in [-0.2, -0.15) is 0 Å². The molecule has 4 aromatic carbocycles. The van der Waals surface area contributed by atoms with Gasteiger partial charge in [0, 0.05) is 46.4 Å². The van der Waals surface area contributed by atoms with E-state index in [0.717, 1.165) is 5.39 Å². The average Bonchev–Trinajstić information content (AvgIpc) is 2.87. The standard InChI is InChI=1S/C28H21FN2O3/c29-20-14-12-19(13-15-20)26(32)21-8-1-2-11-24(21)30-16-5-17-31-27(33)22-9-3-6-18-7-4-10-23(25(18)22)28(31)34/h1-4,6-15,30H,5,16-17H2. The molecule has 0 aromatic heterocycles. The molecule has 168 valence electrons. The van der Waals surface area contributed by atoms with Crippen LogP contribution in [0.2, 0.25) is 0 Å². The molecule has 2 amide bonds. The van der Waals surface area contributed by atoms with Gasteiger partial charge < -0.3 is 5.32 Å². The molecule has 0 spiro atoms. The molecule has 5 rings (SSSR count). The Bertz CT molecular complexity index is 1380. The molecule has 0 bridgehead atoms. The van der Waals surface area contributed by atoms with Gasteiger partial charge in [-0.1, -0.05) is 36.4 Å². The van der Waals surface area contributed by atoms with Crippen LogP contribution in [0, 0.1) is 5.82 Å². The lowest BCUT2D eigenvalue weighted by Crippen LogP contribution is -2.41. The molecule has 0 aliphatic carbocycles. The molecule has 6 heteroatoms. The van der Waals surface area contributed by atoms with Crippen LogP contribution in [0.1, 0.15) is 43.1 Å². The molecule has 1 aliphatic heterocycles. The van der Waals surface area contributed by atoms with E-state index in [1.54, 1.807) is 30.3 Å². The first kappa shape index (κ1) is 21.5. The average molecular weight is 452 g/mol. The maximum absolute atomic E-state index is 13.2. The Morgan fingerprint density at radius 2 is 1.44 bits per heavy atom. The van der Waals surface area contributed by atoms with Crippen LogP contribution < -0.4 is 5.32 Å². The fraction of sp³-hybridized carbons (Fsp3) is 0.107. The van der Waals surface area contributed by atoms with Crippen LogP contribution in [-0.2, 0) is 0 Å². The number of hydrogen-bond donors (Lipinski definition) is 1. The van der Waals surface area contributed by atoms with Crippen molar-refractivity contribution in [2.24, 2.45) is 0 Å². The highest BCUT2D eigenvalue weighted by Gasteiger charge is 2.32. The Balaban J connectivity index is 1.27. The van der Waals surface area contributed by atoms with Crippen LogP contribution in [0.5, 0.6) is 0 Å². The van der Waals surface area contributed by atoms with Gasteiger partial charge in [-0.3, -0.25) is 19.3 Å². The minimum absolute atomic E-state index is 0.214. The van der Waals surface area contributed by atoms with E-state index in [-0.39, 0.29) is 24.1 Å². The third kappa shape index (κ3) is 3.83. The molecule has 0 unspecified atom stereocenters. The third-order valence-electron chi connectivity index (χ3n) is 6.01. The predicted molar refractivity (Wildman–Crippen MR) is 129 cm³/mol. The topological polar surface area (TPSA) is 66.5 Å². The van der Waals surface area contributed by atoms with E-state index in [0.29, 0.717) is 46.3 Å². The molecular formula is C28H21FN2O3. The highest BCUT2D eigenvalue weighted by molar-refractivity contribution is 6.25. The summed E-state index contributed by atoms with van der Waals surface area (Å²) in [6, 6.07) is 23.5. The summed E-state index contributed by atoms with van der Waals surface area (Å²) in [5, 5.41) is 4.83. The highest BCUT2D eigenvalue weighted by Crippen LogP contribution is 2.30. The Kier molecular flexibility index (Phi) is 5.64. The number of imide groups is 1. The second kappa shape index (κ2) is 8.90. The maximum atomic E-state index is 13.2. The van der Waals surface area contributed by atoms with E-state index in [1.807, 2.05) is 30.3 Å². The minimum atomic E-state index is -0.399. The minimum Gasteiger partial charge on any atom is -0.384 e. The van der Waals surface area contributed by atoms with Crippen LogP contribution in [0.4, 0.5) is 10.1 Å². The van der Waals surface area contributed by atoms with Crippen molar-refractivity contribution in [3.05, 3.63) is 113 Å². The predicted octanol–water partition coefficient (Wildman–Crippen LogP) is 5.31. The summed E-state index contributed by atoms with van der Waals surface area (Å²) in [7, 11) is 0. The third-order valence-corrected chi connectivity index (χ3v) is 6.01. The zero-order chi connectivity index (χ0) is 23.7. The van der Waals surface area contributed by atoms with E-state index < -0.39 is 5.82 Å². The van der Waals surface area contributed by atoms with Gasteiger partial charge in [0.25, 0.3) is 11.8 Å². The van der Waals surface area contributed by atoms with Gasteiger partial charge in [0.2, 0.25) is 0 Å². The van der Waals surface area contributed by atoms with Gasteiger partial charge >= 0.3 is 0 Å². The van der Waals surface area contributed by atoms with Crippen molar-refractivity contribution in [2.45, 2.75) is 6.42 Å². The Morgan fingerprint density at radius 1 is 0.794 bits per heavy atom. The number of benzene rings is 4. The lowest BCUT2D eigenvalue weighted by atomic mass is 9.94. The van der Waals surface area contributed by atoms with Gasteiger partial charge in [0.05, 0.1) is 0 Å². The largest absolute Gasteiger partial charge is 0.384 e. The van der Waals surface area contributed by atoms with Crippen molar-refractivity contribution in [3.63, 3.8) is 0 Å². The number of para-hydroxylation sites is 1. The number of halogens is 1. The van der Waals surface area contributed by atoms with Crippen molar-refractivity contribution in [1.29, 1.82) is 0 Å². The molecule has 1 N–H and O–H groups in total. The summed E-state index contributed by atoms with van der Waals surface area (Å²) in [4.78, 5) is 40.2. The Labute approximate surface area is 195 Å². The van der Waals surface area contributed by atoms with Gasteiger partial charge in [-0.05, 0) is 60.3 Å². The summed E-state index contributed by atoms with van der Waals surface area (Å²) in [5.74, 6) is -1.19. The summed E-state index contributed by atoms with van der Waals surface area (Å²) >= 11 is 0. The number of rotatable bonds is 7. The normalized spacial score (nSPS) is 12.8. The molecule has 1 heterocycles. The highest BCUT2D eigenvalue weighted by atomic mass is 19.1. The van der Waals surface area contributed by atoms with Gasteiger partial charge in [0.15, 0.2) is 5.78 Å². The number of amides is 2. The van der Waals surface area contributed by atoms with Gasteiger partial charge in [-0.15, -0.1) is 0 Å². The first-order valence-electron chi connectivity index (χ1n) is 11.1. The van der Waals surface area contributed by atoms with Crippen molar-refractivity contribution in [1.82, 2.24) is 4.90 Å². The van der Waals surface area contributed by atoms with E-state index in [4.69, 9.17) is 0 Å². The zero-order valence-corrected chi connectivity index (χ0v) is 18.3. The fourth-order valence-corrected chi connectivity index (χ4v) is 4.34. The van der Waals surface area contributed by atoms with Crippen LogP contribution in [0.25, 0.3) is 10.8 Å². The second-order valence-corrected chi connectivity index (χ2v) is 8.13. The molecule has 1 aliphatic rings. The van der Waals surface area contributed by atoms with Crippen molar-refractivity contribution in [3.8, 4) is 0 Å². The lowest BCUT2D eigenvalue weighted by Gasteiger charge is -2.27. The first-order valence-corrected chi connectivity index (χ1v) is 11.1. The van der Waals surface area contributed by atoms with Crippen LogP contribution in [-0.4, -0.2) is 35.6 Å². The summed E-state index contributed by atoms with van der Waals surface area (Å²) < 4.78 is 13.2. The fourth-order valence-electron chi connectivity index (χ4n) is 4.34. The van der Waals surface area contributed by atoms with Crippen LogP contribution in [0.3, 0.4) is 0 Å².